The molecule has 0 aromatic heterocycles. The Balaban J connectivity index is 1.84. The smallest absolute Gasteiger partial charge is 0.457 e. The molecule has 2 aliphatic heterocycles. The van der Waals surface area contributed by atoms with Crippen LogP contribution in [0.25, 0.3) is 0 Å². The quantitative estimate of drug-likeness (QED) is 0.311. The second kappa shape index (κ2) is 10.6. The summed E-state index contributed by atoms with van der Waals surface area (Å²) in [6, 6.07) is 8.09. The van der Waals surface area contributed by atoms with Crippen molar-refractivity contribution in [1.29, 1.82) is 0 Å². The summed E-state index contributed by atoms with van der Waals surface area (Å²) in [7, 11) is -4.57. The number of benzene rings is 1. The fraction of sp³-hybridized carbons (Fsp3) is 0.720. The summed E-state index contributed by atoms with van der Waals surface area (Å²) < 4.78 is 42.5. The van der Waals surface area contributed by atoms with Gasteiger partial charge in [-0.1, -0.05) is 36.8 Å². The van der Waals surface area contributed by atoms with Crippen LogP contribution in [0.3, 0.4) is 0 Å². The Morgan fingerprint density at radius 3 is 2.27 bits per heavy atom. The maximum absolute atomic E-state index is 13.4. The zero-order valence-corrected chi connectivity index (χ0v) is 23.5. The molecule has 2 saturated heterocycles. The van der Waals surface area contributed by atoms with Crippen LogP contribution in [0.15, 0.2) is 30.3 Å². The highest BCUT2D eigenvalue weighted by Crippen LogP contribution is 2.41. The lowest BCUT2D eigenvalue weighted by atomic mass is 9.75. The molecule has 0 bridgehead atoms. The van der Waals surface area contributed by atoms with Crippen molar-refractivity contribution in [2.75, 3.05) is 13.1 Å². The summed E-state index contributed by atoms with van der Waals surface area (Å²) in [5, 5.41) is 20.4. The van der Waals surface area contributed by atoms with Crippen molar-refractivity contribution in [3.63, 3.8) is 0 Å². The first kappa shape index (κ1) is 30.0. The Labute approximate surface area is 221 Å². The molecule has 37 heavy (non-hydrogen) atoms. The minimum absolute atomic E-state index is 0.0507. The van der Waals surface area contributed by atoms with Crippen LogP contribution in [0.1, 0.15) is 59.9 Å². The number of nitrogens with one attached hydrogen (secondary N) is 1. The van der Waals surface area contributed by atoms with E-state index in [0.717, 1.165) is 5.56 Å². The molecule has 208 valence electrons. The van der Waals surface area contributed by atoms with Gasteiger partial charge in [0.25, 0.3) is 10.2 Å². The van der Waals surface area contributed by atoms with Gasteiger partial charge in [0.2, 0.25) is 0 Å². The van der Waals surface area contributed by atoms with Crippen molar-refractivity contribution < 1.29 is 32.7 Å². The average molecular weight is 540 g/mol. The summed E-state index contributed by atoms with van der Waals surface area (Å²) in [6.07, 6.45) is 1.61. The van der Waals surface area contributed by atoms with Gasteiger partial charge in [-0.15, -0.1) is 0 Å². The van der Waals surface area contributed by atoms with Crippen LogP contribution in [0.5, 0.6) is 0 Å². The molecule has 10 nitrogen and oxygen atoms in total. The van der Waals surface area contributed by atoms with Crippen molar-refractivity contribution in [3.8, 4) is 0 Å². The Bertz CT molecular complexity index is 1050. The van der Waals surface area contributed by atoms with Crippen LogP contribution in [0, 0.1) is 5.92 Å². The van der Waals surface area contributed by atoms with Crippen LogP contribution in [0.2, 0.25) is 6.32 Å². The monoisotopic (exact) mass is 539 g/mol. The van der Waals surface area contributed by atoms with E-state index in [9.17, 15) is 23.4 Å². The molecule has 3 unspecified atom stereocenters. The third-order valence-corrected chi connectivity index (χ3v) is 9.44. The van der Waals surface area contributed by atoms with E-state index in [1.54, 1.807) is 0 Å². The number of carboxylic acid groups (broad SMARTS) is 1. The van der Waals surface area contributed by atoms with E-state index < -0.39 is 57.6 Å². The van der Waals surface area contributed by atoms with Crippen LogP contribution < -0.4 is 10.5 Å². The number of aliphatic hydroxyl groups is 1. The maximum atomic E-state index is 13.4. The molecule has 3 atom stereocenters. The van der Waals surface area contributed by atoms with E-state index in [1.165, 1.54) is 18.2 Å². The molecule has 0 saturated carbocycles. The number of hydrogen-bond acceptors (Lipinski definition) is 7. The summed E-state index contributed by atoms with van der Waals surface area (Å²) >= 11 is 0. The van der Waals surface area contributed by atoms with Crippen LogP contribution in [0.4, 0.5) is 0 Å². The topological polar surface area (TPSA) is 151 Å². The molecular formula is C25H42BN3O7S. The highest BCUT2D eigenvalue weighted by molar-refractivity contribution is 7.87. The fourth-order valence-electron chi connectivity index (χ4n) is 4.99. The highest BCUT2D eigenvalue weighted by Gasteiger charge is 2.59. The normalized spacial score (nSPS) is 28.1. The van der Waals surface area contributed by atoms with Gasteiger partial charge in [-0.25, -0.2) is 0 Å². The fourth-order valence-corrected chi connectivity index (χ4v) is 6.65. The lowest BCUT2D eigenvalue weighted by molar-refractivity contribution is -0.145. The molecule has 2 aliphatic rings. The third-order valence-electron chi connectivity index (χ3n) is 7.91. The largest absolute Gasteiger partial charge is 0.480 e. The molecule has 0 aliphatic carbocycles. The van der Waals surface area contributed by atoms with Gasteiger partial charge in [0.05, 0.1) is 22.8 Å². The predicted octanol–water partition coefficient (Wildman–Crippen LogP) is 1.79. The summed E-state index contributed by atoms with van der Waals surface area (Å²) in [4.78, 5) is 12.7. The summed E-state index contributed by atoms with van der Waals surface area (Å²) in [5.41, 5.74) is 3.39. The van der Waals surface area contributed by atoms with E-state index >= 15 is 0 Å². The zero-order valence-electron chi connectivity index (χ0n) is 22.7. The molecule has 0 radical (unpaired) electrons. The van der Waals surface area contributed by atoms with Crippen LogP contribution in [-0.4, -0.2) is 77.5 Å². The van der Waals surface area contributed by atoms with Gasteiger partial charge >= 0.3 is 13.1 Å². The number of aliphatic carboxylic acids is 1. The van der Waals surface area contributed by atoms with Crippen molar-refractivity contribution in [2.24, 2.45) is 11.7 Å². The zero-order chi connectivity index (χ0) is 27.9. The predicted molar refractivity (Wildman–Crippen MR) is 142 cm³/mol. The average Bonchev–Trinajstić information content (AvgIpc) is 3.17. The van der Waals surface area contributed by atoms with Gasteiger partial charge in [-0.2, -0.15) is 17.4 Å². The first-order chi connectivity index (χ1) is 16.9. The van der Waals surface area contributed by atoms with E-state index in [-0.39, 0.29) is 19.5 Å². The van der Waals surface area contributed by atoms with Gasteiger partial charge in [0.15, 0.2) is 0 Å². The van der Waals surface area contributed by atoms with Gasteiger partial charge in [0, 0.05) is 19.0 Å². The Hall–Kier alpha value is -1.54. The minimum atomic E-state index is -4.14. The minimum Gasteiger partial charge on any atom is -0.480 e. The molecule has 5 N–H and O–H groups in total. The first-order valence-corrected chi connectivity index (χ1v) is 14.2. The Morgan fingerprint density at radius 1 is 1.19 bits per heavy atom. The summed E-state index contributed by atoms with van der Waals surface area (Å²) in [6.45, 7) is 10.6. The molecule has 1 aromatic rings. The number of carbonyl (C=O) groups is 1. The second-order valence-corrected chi connectivity index (χ2v) is 13.7. The highest BCUT2D eigenvalue weighted by atomic mass is 32.2. The number of nitrogens with zero attached hydrogens (tertiary/aromatic N) is 1. The van der Waals surface area contributed by atoms with E-state index in [4.69, 9.17) is 15.0 Å². The van der Waals surface area contributed by atoms with E-state index in [0.29, 0.717) is 19.2 Å². The molecule has 1 aromatic carbocycles. The van der Waals surface area contributed by atoms with Gasteiger partial charge in [-0.3, -0.25) is 4.79 Å². The van der Waals surface area contributed by atoms with Gasteiger partial charge in [-0.05, 0) is 66.3 Å². The van der Waals surface area contributed by atoms with Crippen LogP contribution in [-0.2, 0) is 30.7 Å². The maximum Gasteiger partial charge on any atom is 0.457 e. The SMILES string of the molecule is CC(C)(O)CNS(=O)(=O)N1CC(CCCB2OC(C)(C)C(C)(C)O2)C(N)(C(=O)O)C1Cc1ccccc1. The molecule has 3 rings (SSSR count). The second-order valence-electron chi connectivity index (χ2n) is 12.0. The number of hydrogen-bond donors (Lipinski definition) is 4. The molecule has 0 spiro atoms. The lowest BCUT2D eigenvalue weighted by Crippen LogP contribution is -2.62. The number of carboxylic acids is 1. The van der Waals surface area contributed by atoms with Gasteiger partial charge < -0.3 is 25.3 Å². The molecule has 2 fully saturated rings. The van der Waals surface area contributed by atoms with E-state index in [2.05, 4.69) is 4.72 Å². The molecule has 12 heteroatoms. The van der Waals surface area contributed by atoms with Gasteiger partial charge in [0.1, 0.15) is 5.54 Å². The van der Waals surface area contributed by atoms with Crippen molar-refractivity contribution in [2.45, 2.75) is 95.5 Å². The Kier molecular flexibility index (Phi) is 8.56. The van der Waals surface area contributed by atoms with E-state index in [1.807, 2.05) is 58.0 Å². The molecular weight excluding hydrogens is 497 g/mol. The number of nitrogens with two attached hydrogens (primary N) is 1. The Morgan fingerprint density at radius 2 is 1.76 bits per heavy atom. The van der Waals surface area contributed by atoms with Crippen molar-refractivity contribution >= 4 is 23.3 Å². The number of rotatable bonds is 11. The molecule has 0 amide bonds. The third kappa shape index (κ3) is 6.55. The van der Waals surface area contributed by atoms with Crippen molar-refractivity contribution in [3.05, 3.63) is 35.9 Å². The lowest BCUT2D eigenvalue weighted by Gasteiger charge is -2.34. The molecule has 2 heterocycles. The van der Waals surface area contributed by atoms with Crippen LogP contribution >= 0.6 is 0 Å². The first-order valence-electron chi connectivity index (χ1n) is 12.8. The van der Waals surface area contributed by atoms with Crippen molar-refractivity contribution in [1.82, 2.24) is 9.03 Å². The summed E-state index contributed by atoms with van der Waals surface area (Å²) in [5.74, 6) is -1.88. The standard InChI is InChI=1S/C25H42BN3O7S/c1-22(2,32)17-28-37(33,34)29-16-19(13-10-14-26-35-23(3,4)24(5,6)36-26)25(27,21(30)31)20(29)15-18-11-8-7-9-12-18/h7-9,11-12,19-20,28,32H,10,13-17,27H2,1-6H3,(H,30,31).